The third-order valence-corrected chi connectivity index (χ3v) is 1.93. The second kappa shape index (κ2) is 5.29. The largest absolute Gasteiger partial charge is 0.475 e. The van der Waals surface area contributed by atoms with E-state index in [1.165, 1.54) is 6.33 Å². The Labute approximate surface area is 99.0 Å². The molecule has 0 saturated carbocycles. The van der Waals surface area contributed by atoms with E-state index in [0.717, 1.165) is 5.76 Å². The Bertz CT molecular complexity index is 456. The van der Waals surface area contributed by atoms with Gasteiger partial charge in [0, 0.05) is 12.1 Å². The summed E-state index contributed by atoms with van der Waals surface area (Å²) in [7, 11) is 0. The molecular weight excluding hydrogens is 220 g/mol. The molecule has 0 amide bonds. The summed E-state index contributed by atoms with van der Waals surface area (Å²) in [6.07, 6.45) is 3.15. The first-order chi connectivity index (χ1) is 8.24. The van der Waals surface area contributed by atoms with Gasteiger partial charge in [0.2, 0.25) is 5.88 Å². The highest BCUT2D eigenvalue weighted by Crippen LogP contribution is 2.13. The minimum absolute atomic E-state index is 0.0898. The zero-order valence-electron chi connectivity index (χ0n) is 9.75. The molecule has 2 rings (SSSR count). The maximum atomic E-state index is 5.46. The van der Waals surface area contributed by atoms with Gasteiger partial charge in [-0.25, -0.2) is 9.97 Å². The van der Waals surface area contributed by atoms with Crippen LogP contribution in [0.4, 0.5) is 5.82 Å². The van der Waals surface area contributed by atoms with Gasteiger partial charge in [-0.2, -0.15) is 0 Å². The average molecular weight is 234 g/mol. The molecule has 90 valence electrons. The molecule has 6 nitrogen and oxygen atoms in total. The normalized spacial score (nSPS) is 10.5. The Balaban J connectivity index is 1.96. The lowest BCUT2D eigenvalue weighted by atomic mass is 10.4. The molecule has 17 heavy (non-hydrogen) atoms. The van der Waals surface area contributed by atoms with E-state index >= 15 is 0 Å². The van der Waals surface area contributed by atoms with Crippen LogP contribution in [0.25, 0.3) is 0 Å². The van der Waals surface area contributed by atoms with Crippen molar-refractivity contribution in [1.82, 2.24) is 15.1 Å². The highest BCUT2D eigenvalue weighted by Gasteiger charge is 2.03. The molecule has 0 atom stereocenters. The van der Waals surface area contributed by atoms with Crippen LogP contribution in [0.2, 0.25) is 0 Å². The van der Waals surface area contributed by atoms with Crippen LogP contribution in [0.3, 0.4) is 0 Å². The molecule has 2 heterocycles. The summed E-state index contributed by atoms with van der Waals surface area (Å²) in [4.78, 5) is 8.10. The number of aromatic nitrogens is 3. The first kappa shape index (κ1) is 11.4. The molecule has 0 aliphatic rings. The third kappa shape index (κ3) is 3.44. The van der Waals surface area contributed by atoms with Crippen LogP contribution >= 0.6 is 0 Å². The highest BCUT2D eigenvalue weighted by atomic mass is 16.5. The molecule has 0 spiro atoms. The fourth-order valence-corrected chi connectivity index (χ4v) is 1.25. The Hall–Kier alpha value is -2.11. The molecule has 2 aromatic rings. The number of nitrogens with one attached hydrogen (secondary N) is 1. The number of hydrogen-bond donors (Lipinski definition) is 1. The van der Waals surface area contributed by atoms with Gasteiger partial charge in [-0.1, -0.05) is 5.16 Å². The lowest BCUT2D eigenvalue weighted by Crippen LogP contribution is -2.08. The van der Waals surface area contributed by atoms with Crippen LogP contribution in [0, 0.1) is 0 Å². The Morgan fingerprint density at radius 2 is 2.29 bits per heavy atom. The summed E-state index contributed by atoms with van der Waals surface area (Å²) in [6.45, 7) is 4.42. The van der Waals surface area contributed by atoms with E-state index in [4.69, 9.17) is 9.26 Å². The van der Waals surface area contributed by atoms with Gasteiger partial charge in [0.1, 0.15) is 12.1 Å². The molecule has 0 unspecified atom stereocenters. The van der Waals surface area contributed by atoms with E-state index in [2.05, 4.69) is 20.4 Å². The van der Waals surface area contributed by atoms with Gasteiger partial charge in [0.25, 0.3) is 0 Å². The maximum absolute atomic E-state index is 5.46. The minimum Gasteiger partial charge on any atom is -0.475 e. The highest BCUT2D eigenvalue weighted by molar-refractivity contribution is 5.37. The molecule has 0 saturated heterocycles. The first-order valence-electron chi connectivity index (χ1n) is 5.36. The number of rotatable bonds is 5. The van der Waals surface area contributed by atoms with Gasteiger partial charge >= 0.3 is 0 Å². The summed E-state index contributed by atoms with van der Waals surface area (Å²) in [5.74, 6) is 1.98. The van der Waals surface area contributed by atoms with Crippen LogP contribution in [0.15, 0.2) is 29.2 Å². The minimum atomic E-state index is 0.0898. The lowest BCUT2D eigenvalue weighted by molar-refractivity contribution is 0.232. The van der Waals surface area contributed by atoms with E-state index in [9.17, 15) is 0 Å². The van der Waals surface area contributed by atoms with Crippen LogP contribution in [0.1, 0.15) is 19.6 Å². The maximum Gasteiger partial charge on any atom is 0.218 e. The Morgan fingerprint density at radius 1 is 1.41 bits per heavy atom. The van der Waals surface area contributed by atoms with E-state index < -0.39 is 0 Å². The van der Waals surface area contributed by atoms with Crippen molar-refractivity contribution >= 4 is 5.82 Å². The predicted molar refractivity (Wildman–Crippen MR) is 61.6 cm³/mol. The van der Waals surface area contributed by atoms with Crippen molar-refractivity contribution in [3.8, 4) is 5.88 Å². The van der Waals surface area contributed by atoms with Gasteiger partial charge in [0.05, 0.1) is 18.8 Å². The number of nitrogens with zero attached hydrogens (tertiary/aromatic N) is 3. The Morgan fingerprint density at radius 3 is 3.00 bits per heavy atom. The number of ether oxygens (including phenoxy) is 1. The fraction of sp³-hybridized carbons (Fsp3) is 0.364. The quantitative estimate of drug-likeness (QED) is 0.851. The second-order valence-corrected chi connectivity index (χ2v) is 3.74. The molecule has 0 bridgehead atoms. The SMILES string of the molecule is CC(C)Oc1cc(NCc2ccno2)ncn1. The van der Waals surface area contributed by atoms with Crippen molar-refractivity contribution in [1.29, 1.82) is 0 Å². The fourth-order valence-electron chi connectivity index (χ4n) is 1.25. The zero-order chi connectivity index (χ0) is 12.1. The van der Waals surface area contributed by atoms with Crippen molar-refractivity contribution in [3.63, 3.8) is 0 Å². The molecule has 0 aromatic carbocycles. The molecule has 0 fully saturated rings. The van der Waals surface area contributed by atoms with Crippen LogP contribution < -0.4 is 10.1 Å². The first-order valence-corrected chi connectivity index (χ1v) is 5.36. The summed E-state index contributed by atoms with van der Waals surface area (Å²) in [5, 5.41) is 6.71. The van der Waals surface area contributed by atoms with Gasteiger partial charge in [-0.15, -0.1) is 0 Å². The molecule has 0 aliphatic carbocycles. The summed E-state index contributed by atoms with van der Waals surface area (Å²) in [6, 6.07) is 3.54. The number of anilines is 1. The number of hydrogen-bond acceptors (Lipinski definition) is 6. The van der Waals surface area contributed by atoms with Gasteiger partial charge in [-0.3, -0.25) is 0 Å². The van der Waals surface area contributed by atoms with Crippen LogP contribution in [0.5, 0.6) is 5.88 Å². The lowest BCUT2D eigenvalue weighted by Gasteiger charge is -2.09. The average Bonchev–Trinajstić information content (AvgIpc) is 2.79. The van der Waals surface area contributed by atoms with Crippen LogP contribution in [-0.2, 0) is 6.54 Å². The molecule has 0 aliphatic heterocycles. The topological polar surface area (TPSA) is 73.1 Å². The van der Waals surface area contributed by atoms with E-state index in [1.807, 2.05) is 13.8 Å². The Kier molecular flexibility index (Phi) is 3.54. The van der Waals surface area contributed by atoms with Crippen molar-refractivity contribution in [3.05, 3.63) is 30.4 Å². The summed E-state index contributed by atoms with van der Waals surface area (Å²) >= 11 is 0. The molecule has 2 aromatic heterocycles. The predicted octanol–water partition coefficient (Wildman–Crippen LogP) is 1.86. The molecular formula is C11H14N4O2. The van der Waals surface area contributed by atoms with Gasteiger partial charge in [0.15, 0.2) is 5.76 Å². The van der Waals surface area contributed by atoms with E-state index in [1.54, 1.807) is 18.3 Å². The molecule has 1 N–H and O–H groups in total. The van der Waals surface area contributed by atoms with Gasteiger partial charge < -0.3 is 14.6 Å². The standard InChI is InChI=1S/C11H14N4O2/c1-8(2)16-11-5-10(13-7-14-11)12-6-9-3-4-15-17-9/h3-5,7-8H,6H2,1-2H3,(H,12,13,14). The van der Waals surface area contributed by atoms with Crippen LogP contribution in [-0.4, -0.2) is 21.2 Å². The van der Waals surface area contributed by atoms with E-state index in [-0.39, 0.29) is 6.10 Å². The van der Waals surface area contributed by atoms with Crippen molar-refractivity contribution in [2.24, 2.45) is 0 Å². The monoisotopic (exact) mass is 234 g/mol. The third-order valence-electron chi connectivity index (χ3n) is 1.93. The summed E-state index contributed by atoms with van der Waals surface area (Å²) < 4.78 is 10.4. The smallest absolute Gasteiger partial charge is 0.218 e. The van der Waals surface area contributed by atoms with Gasteiger partial charge in [-0.05, 0) is 13.8 Å². The van der Waals surface area contributed by atoms with Crippen molar-refractivity contribution < 1.29 is 9.26 Å². The molecule has 6 heteroatoms. The van der Waals surface area contributed by atoms with E-state index in [0.29, 0.717) is 18.2 Å². The van der Waals surface area contributed by atoms with Crippen molar-refractivity contribution in [2.75, 3.05) is 5.32 Å². The summed E-state index contributed by atoms with van der Waals surface area (Å²) in [5.41, 5.74) is 0. The van der Waals surface area contributed by atoms with Crippen molar-refractivity contribution in [2.45, 2.75) is 26.5 Å². The molecule has 0 radical (unpaired) electrons. The second-order valence-electron chi connectivity index (χ2n) is 3.74. The zero-order valence-corrected chi connectivity index (χ0v) is 9.75.